The van der Waals surface area contributed by atoms with E-state index in [2.05, 4.69) is 4.99 Å². The predicted molar refractivity (Wildman–Crippen MR) is 151 cm³/mol. The smallest absolute Gasteiger partial charge is 0.338 e. The van der Waals surface area contributed by atoms with E-state index in [0.29, 0.717) is 37.1 Å². The van der Waals surface area contributed by atoms with E-state index in [0.717, 1.165) is 16.7 Å². The molecule has 0 fully saturated rings. The minimum atomic E-state index is -0.646. The normalized spacial score (nSPS) is 15.0. The Kier molecular flexibility index (Phi) is 7.67. The number of carbonyl (C=O) groups excluding carboxylic acids is 1. The van der Waals surface area contributed by atoms with E-state index < -0.39 is 12.0 Å². The van der Waals surface area contributed by atoms with Gasteiger partial charge in [0, 0.05) is 10.6 Å². The van der Waals surface area contributed by atoms with Crippen LogP contribution in [0.25, 0.3) is 6.08 Å². The van der Waals surface area contributed by atoms with Crippen LogP contribution in [-0.2, 0) is 16.1 Å². The van der Waals surface area contributed by atoms with Crippen molar-refractivity contribution >= 4 is 35.0 Å². The topological polar surface area (TPSA) is 79.1 Å². The van der Waals surface area contributed by atoms with Crippen molar-refractivity contribution < 1.29 is 19.0 Å². The molecule has 1 aliphatic heterocycles. The van der Waals surface area contributed by atoms with Gasteiger partial charge in [-0.05, 0) is 42.3 Å². The highest BCUT2D eigenvalue weighted by molar-refractivity contribution is 7.07. The van der Waals surface area contributed by atoms with Crippen LogP contribution in [0, 0.1) is 0 Å². The van der Waals surface area contributed by atoms with Crippen LogP contribution >= 0.6 is 22.9 Å². The van der Waals surface area contributed by atoms with E-state index in [4.69, 9.17) is 25.8 Å². The highest BCUT2D eigenvalue weighted by Gasteiger charge is 2.32. The third-order valence-electron chi connectivity index (χ3n) is 6.37. The maximum Gasteiger partial charge on any atom is 0.338 e. The first kappa shape index (κ1) is 26.5. The van der Waals surface area contributed by atoms with Gasteiger partial charge in [0.25, 0.3) is 5.56 Å². The number of hydrogen-bond acceptors (Lipinski definition) is 7. The average Bonchev–Trinajstić information content (AvgIpc) is 3.26. The number of ether oxygens (including phenoxy) is 3. The van der Waals surface area contributed by atoms with Crippen molar-refractivity contribution in [2.24, 2.45) is 4.99 Å². The molecule has 0 unspecified atom stereocenters. The molecule has 0 bridgehead atoms. The molecule has 0 saturated heterocycles. The quantitative estimate of drug-likeness (QED) is 0.307. The summed E-state index contributed by atoms with van der Waals surface area (Å²) in [5.41, 5.74) is 3.01. The van der Waals surface area contributed by atoms with Crippen LogP contribution in [0.15, 0.2) is 93.9 Å². The summed E-state index contributed by atoms with van der Waals surface area (Å²) in [7, 11) is 2.89. The van der Waals surface area contributed by atoms with Crippen LogP contribution in [0.5, 0.6) is 11.5 Å². The molecule has 3 aromatic carbocycles. The molecule has 198 valence electrons. The summed E-state index contributed by atoms with van der Waals surface area (Å²) in [6.07, 6.45) is 1.78. The SMILES string of the molecule is COC(=O)C1=C(C)N=c2s/c(=C\c3ccc(OCc4ccccc4Cl)c(OC)c3)c(=O)n2[C@@H]1c1ccccc1. The van der Waals surface area contributed by atoms with Gasteiger partial charge >= 0.3 is 5.97 Å². The number of esters is 1. The summed E-state index contributed by atoms with van der Waals surface area (Å²) in [6, 6.07) is 21.7. The minimum absolute atomic E-state index is 0.250. The number of allylic oxidation sites excluding steroid dienone is 1. The molecule has 2 heterocycles. The lowest BCUT2D eigenvalue weighted by atomic mass is 9.96. The minimum Gasteiger partial charge on any atom is -0.493 e. The molecular formula is C30H25ClN2O5S. The van der Waals surface area contributed by atoms with Crippen molar-refractivity contribution in [3.63, 3.8) is 0 Å². The molecule has 0 radical (unpaired) electrons. The number of aromatic nitrogens is 1. The molecule has 0 amide bonds. The Morgan fingerprint density at radius 1 is 1.05 bits per heavy atom. The Hall–Kier alpha value is -4.14. The van der Waals surface area contributed by atoms with Gasteiger partial charge in [-0.3, -0.25) is 9.36 Å². The molecule has 39 heavy (non-hydrogen) atoms. The maximum absolute atomic E-state index is 13.7. The predicted octanol–water partition coefficient (Wildman–Crippen LogP) is 4.65. The number of thiazole rings is 1. The first-order valence-corrected chi connectivity index (χ1v) is 13.3. The zero-order chi connectivity index (χ0) is 27.5. The van der Waals surface area contributed by atoms with Crippen LogP contribution in [0.4, 0.5) is 0 Å². The van der Waals surface area contributed by atoms with E-state index in [1.54, 1.807) is 36.8 Å². The Morgan fingerprint density at radius 2 is 1.79 bits per heavy atom. The van der Waals surface area contributed by atoms with Crippen LogP contribution in [-0.4, -0.2) is 24.8 Å². The molecule has 0 saturated carbocycles. The number of rotatable bonds is 7. The van der Waals surface area contributed by atoms with Crippen LogP contribution in [0.2, 0.25) is 5.02 Å². The Morgan fingerprint density at radius 3 is 2.51 bits per heavy atom. The fourth-order valence-electron chi connectivity index (χ4n) is 4.46. The van der Waals surface area contributed by atoms with E-state index >= 15 is 0 Å². The van der Waals surface area contributed by atoms with E-state index in [1.165, 1.54) is 18.4 Å². The largest absolute Gasteiger partial charge is 0.493 e. The second-order valence-corrected chi connectivity index (χ2v) is 10.2. The Bertz CT molecular complexity index is 1760. The molecule has 1 aromatic heterocycles. The molecule has 9 heteroatoms. The summed E-state index contributed by atoms with van der Waals surface area (Å²) in [5, 5.41) is 0.628. The summed E-state index contributed by atoms with van der Waals surface area (Å²) in [6.45, 7) is 2.04. The monoisotopic (exact) mass is 560 g/mol. The molecule has 7 nitrogen and oxygen atoms in total. The lowest BCUT2D eigenvalue weighted by Crippen LogP contribution is -2.39. The number of benzene rings is 3. The highest BCUT2D eigenvalue weighted by Crippen LogP contribution is 2.31. The molecule has 0 aliphatic carbocycles. The fourth-order valence-corrected chi connectivity index (χ4v) is 5.70. The van der Waals surface area contributed by atoms with Gasteiger partial charge in [0.05, 0.1) is 36.1 Å². The molecule has 4 aromatic rings. The van der Waals surface area contributed by atoms with Crippen LogP contribution in [0.1, 0.15) is 29.7 Å². The van der Waals surface area contributed by atoms with E-state index in [-0.39, 0.29) is 12.2 Å². The molecule has 1 atom stereocenters. The number of methoxy groups -OCH3 is 2. The van der Waals surface area contributed by atoms with Crippen molar-refractivity contribution in [2.75, 3.05) is 14.2 Å². The third-order valence-corrected chi connectivity index (χ3v) is 7.72. The van der Waals surface area contributed by atoms with Gasteiger partial charge < -0.3 is 14.2 Å². The molecule has 0 N–H and O–H groups in total. The fraction of sp³-hybridized carbons (Fsp3) is 0.167. The van der Waals surface area contributed by atoms with Crippen molar-refractivity contribution in [1.82, 2.24) is 4.57 Å². The molecule has 1 aliphatic rings. The van der Waals surface area contributed by atoms with Gasteiger partial charge in [0.2, 0.25) is 0 Å². The van der Waals surface area contributed by atoms with Crippen molar-refractivity contribution in [3.05, 3.63) is 125 Å². The summed E-state index contributed by atoms with van der Waals surface area (Å²) < 4.78 is 18.6. The maximum atomic E-state index is 13.7. The van der Waals surface area contributed by atoms with E-state index in [1.807, 2.05) is 60.7 Å². The van der Waals surface area contributed by atoms with Crippen molar-refractivity contribution in [2.45, 2.75) is 19.6 Å². The van der Waals surface area contributed by atoms with Gasteiger partial charge in [-0.2, -0.15) is 0 Å². The molecular weight excluding hydrogens is 536 g/mol. The second kappa shape index (κ2) is 11.3. The number of carbonyl (C=O) groups is 1. The zero-order valence-corrected chi connectivity index (χ0v) is 23.1. The number of nitrogens with zero attached hydrogens (tertiary/aromatic N) is 2. The summed E-state index contributed by atoms with van der Waals surface area (Å²) in [5.74, 6) is 0.560. The van der Waals surface area contributed by atoms with Crippen molar-refractivity contribution in [1.29, 1.82) is 0 Å². The van der Waals surface area contributed by atoms with Gasteiger partial charge in [-0.15, -0.1) is 0 Å². The Labute approximate surface area is 233 Å². The third kappa shape index (κ3) is 5.26. The van der Waals surface area contributed by atoms with Gasteiger partial charge in [-0.25, -0.2) is 9.79 Å². The zero-order valence-electron chi connectivity index (χ0n) is 21.5. The Balaban J connectivity index is 1.54. The van der Waals surface area contributed by atoms with Gasteiger partial charge in [0.15, 0.2) is 16.3 Å². The lowest BCUT2D eigenvalue weighted by molar-refractivity contribution is -0.136. The van der Waals surface area contributed by atoms with Crippen LogP contribution in [0.3, 0.4) is 0 Å². The van der Waals surface area contributed by atoms with E-state index in [9.17, 15) is 9.59 Å². The average molecular weight is 561 g/mol. The second-order valence-electron chi connectivity index (χ2n) is 8.77. The summed E-state index contributed by atoms with van der Waals surface area (Å²) in [4.78, 5) is 31.6. The van der Waals surface area contributed by atoms with Crippen molar-refractivity contribution in [3.8, 4) is 11.5 Å². The first-order valence-electron chi connectivity index (χ1n) is 12.1. The van der Waals surface area contributed by atoms with Crippen LogP contribution < -0.4 is 24.4 Å². The highest BCUT2D eigenvalue weighted by atomic mass is 35.5. The van der Waals surface area contributed by atoms with Gasteiger partial charge in [-0.1, -0.05) is 77.5 Å². The molecule has 0 spiro atoms. The molecule has 5 rings (SSSR count). The number of hydrogen-bond donors (Lipinski definition) is 0. The lowest BCUT2D eigenvalue weighted by Gasteiger charge is -2.24. The first-order chi connectivity index (χ1) is 18.9. The standard InChI is InChI=1S/C30H25ClN2O5S/c1-18-26(29(35)37-3)27(20-9-5-4-6-10-20)33-28(34)25(39-30(33)32-18)16-19-13-14-23(24(15-19)36-2)38-17-21-11-7-8-12-22(21)31/h4-16,27H,17H2,1-3H3/b25-16-/t27-/m1/s1. The summed E-state index contributed by atoms with van der Waals surface area (Å²) >= 11 is 7.51. The number of fused-ring (bicyclic) bond motifs is 1. The van der Waals surface area contributed by atoms with Gasteiger partial charge in [0.1, 0.15) is 6.61 Å². The number of halogens is 1.